The molecule has 94 valence electrons. The lowest BCUT2D eigenvalue weighted by Gasteiger charge is -2.11. The Morgan fingerprint density at radius 3 is 2.50 bits per heavy atom. The molecule has 3 nitrogen and oxygen atoms in total. The van der Waals surface area contributed by atoms with Crippen LogP contribution in [0.2, 0.25) is 10.0 Å². The van der Waals surface area contributed by atoms with E-state index in [1.54, 1.807) is 0 Å². The number of halogens is 4. The summed E-state index contributed by atoms with van der Waals surface area (Å²) in [7, 11) is 0. The summed E-state index contributed by atoms with van der Waals surface area (Å²) in [6.07, 6.45) is 1.34. The van der Waals surface area contributed by atoms with Crippen LogP contribution in [0.5, 0.6) is 0 Å². The second-order valence-corrected chi connectivity index (χ2v) is 4.30. The monoisotopic (exact) mass is 289 g/mol. The Hall–Kier alpha value is -1.59. The minimum absolute atomic E-state index is 0.0976. The number of anilines is 3. The van der Waals surface area contributed by atoms with Crippen LogP contribution in [0.4, 0.5) is 26.0 Å². The molecule has 1 aromatic heterocycles. The van der Waals surface area contributed by atoms with Gasteiger partial charge < -0.3 is 11.1 Å². The predicted molar refractivity (Wildman–Crippen MR) is 68.3 cm³/mol. The third kappa shape index (κ3) is 2.63. The summed E-state index contributed by atoms with van der Waals surface area (Å²) in [5.74, 6) is -1.41. The van der Waals surface area contributed by atoms with Crippen LogP contribution >= 0.6 is 23.2 Å². The first-order valence-corrected chi connectivity index (χ1v) is 5.55. The minimum Gasteiger partial charge on any atom is -0.396 e. The lowest BCUT2D eigenvalue weighted by Crippen LogP contribution is -2.01. The highest BCUT2D eigenvalue weighted by Crippen LogP contribution is 2.31. The van der Waals surface area contributed by atoms with Crippen LogP contribution in [0.1, 0.15) is 0 Å². The van der Waals surface area contributed by atoms with Crippen LogP contribution < -0.4 is 11.1 Å². The van der Waals surface area contributed by atoms with E-state index < -0.39 is 11.6 Å². The van der Waals surface area contributed by atoms with Gasteiger partial charge in [-0.05, 0) is 12.1 Å². The van der Waals surface area contributed by atoms with Crippen molar-refractivity contribution >= 4 is 40.4 Å². The molecule has 3 N–H and O–H groups in total. The number of benzene rings is 1. The van der Waals surface area contributed by atoms with Crippen molar-refractivity contribution in [3.8, 4) is 0 Å². The average Bonchev–Trinajstić information content (AvgIpc) is 2.25. The molecule has 0 saturated heterocycles. The summed E-state index contributed by atoms with van der Waals surface area (Å²) in [5.41, 5.74) is 5.78. The summed E-state index contributed by atoms with van der Waals surface area (Å²) in [4.78, 5) is 3.89. The SMILES string of the molecule is Nc1cc(Cl)cnc1Nc1c(F)cc(F)cc1Cl. The van der Waals surface area contributed by atoms with E-state index in [1.165, 1.54) is 12.3 Å². The van der Waals surface area contributed by atoms with Gasteiger partial charge in [0.1, 0.15) is 5.82 Å². The van der Waals surface area contributed by atoms with Crippen LogP contribution in [0.15, 0.2) is 24.4 Å². The zero-order valence-corrected chi connectivity index (χ0v) is 10.4. The predicted octanol–water partition coefficient (Wildman–Crippen LogP) is 3.99. The van der Waals surface area contributed by atoms with Crippen molar-refractivity contribution in [3.05, 3.63) is 46.1 Å². The lowest BCUT2D eigenvalue weighted by molar-refractivity contribution is 0.586. The molecule has 7 heteroatoms. The van der Waals surface area contributed by atoms with Gasteiger partial charge in [0, 0.05) is 12.3 Å². The van der Waals surface area contributed by atoms with E-state index >= 15 is 0 Å². The number of pyridine rings is 1. The van der Waals surface area contributed by atoms with Crippen LogP contribution in [0.25, 0.3) is 0 Å². The van der Waals surface area contributed by atoms with Gasteiger partial charge in [-0.25, -0.2) is 13.8 Å². The minimum atomic E-state index is -0.837. The zero-order valence-electron chi connectivity index (χ0n) is 8.85. The summed E-state index contributed by atoms with van der Waals surface area (Å²) in [5, 5.41) is 2.84. The molecule has 2 aromatic rings. The lowest BCUT2D eigenvalue weighted by atomic mass is 10.3. The van der Waals surface area contributed by atoms with Crippen molar-refractivity contribution in [1.29, 1.82) is 0 Å². The fourth-order valence-electron chi connectivity index (χ4n) is 1.34. The van der Waals surface area contributed by atoms with Gasteiger partial charge in [0.05, 0.1) is 21.4 Å². The Morgan fingerprint density at radius 2 is 1.89 bits per heavy atom. The molecule has 1 heterocycles. The summed E-state index contributed by atoms with van der Waals surface area (Å²) < 4.78 is 26.4. The van der Waals surface area contributed by atoms with Crippen LogP contribution in [0.3, 0.4) is 0 Å². The van der Waals surface area contributed by atoms with Gasteiger partial charge in [0.2, 0.25) is 0 Å². The van der Waals surface area contributed by atoms with Crippen LogP contribution in [-0.2, 0) is 0 Å². The number of nitrogens with one attached hydrogen (secondary N) is 1. The van der Waals surface area contributed by atoms with Crippen molar-refractivity contribution in [3.63, 3.8) is 0 Å². The maximum atomic E-state index is 13.5. The first-order chi connectivity index (χ1) is 8.47. The molecule has 0 atom stereocenters. The number of aromatic nitrogens is 1. The molecular weight excluding hydrogens is 283 g/mol. The first-order valence-electron chi connectivity index (χ1n) is 4.80. The Kier molecular flexibility index (Phi) is 3.54. The van der Waals surface area contributed by atoms with Crippen molar-refractivity contribution in [1.82, 2.24) is 4.98 Å². The molecule has 0 spiro atoms. The highest BCUT2D eigenvalue weighted by molar-refractivity contribution is 6.33. The van der Waals surface area contributed by atoms with Gasteiger partial charge in [-0.3, -0.25) is 0 Å². The van der Waals surface area contributed by atoms with Gasteiger partial charge in [-0.15, -0.1) is 0 Å². The maximum Gasteiger partial charge on any atom is 0.153 e. The third-order valence-corrected chi connectivity index (χ3v) is 2.64. The van der Waals surface area contributed by atoms with E-state index in [0.717, 1.165) is 6.07 Å². The number of hydrogen-bond acceptors (Lipinski definition) is 3. The molecule has 0 aliphatic heterocycles. The normalized spacial score (nSPS) is 10.4. The van der Waals surface area contributed by atoms with Crippen molar-refractivity contribution in [2.24, 2.45) is 0 Å². The second kappa shape index (κ2) is 4.96. The molecule has 0 unspecified atom stereocenters. The van der Waals surface area contributed by atoms with Gasteiger partial charge in [0.15, 0.2) is 11.6 Å². The van der Waals surface area contributed by atoms with E-state index in [2.05, 4.69) is 10.3 Å². The molecule has 2 rings (SSSR count). The number of nitrogen functional groups attached to an aromatic ring is 1. The molecule has 0 saturated carbocycles. The topological polar surface area (TPSA) is 50.9 Å². The Morgan fingerprint density at radius 1 is 1.17 bits per heavy atom. The molecule has 18 heavy (non-hydrogen) atoms. The van der Waals surface area contributed by atoms with E-state index in [-0.39, 0.29) is 22.2 Å². The van der Waals surface area contributed by atoms with Crippen molar-refractivity contribution < 1.29 is 8.78 Å². The molecule has 0 aliphatic rings. The molecular formula is C11H7Cl2F2N3. The largest absolute Gasteiger partial charge is 0.396 e. The number of hydrogen-bond donors (Lipinski definition) is 2. The summed E-state index contributed by atoms with van der Waals surface area (Å²) in [6, 6.07) is 3.14. The van der Waals surface area contributed by atoms with E-state index in [9.17, 15) is 8.78 Å². The molecule has 0 aliphatic carbocycles. The Labute approximate surface area is 112 Å². The van der Waals surface area contributed by atoms with Crippen molar-refractivity contribution in [2.45, 2.75) is 0 Å². The smallest absolute Gasteiger partial charge is 0.153 e. The van der Waals surface area contributed by atoms with Gasteiger partial charge in [-0.1, -0.05) is 23.2 Å². The molecule has 1 aromatic carbocycles. The Balaban J connectivity index is 2.40. The quantitative estimate of drug-likeness (QED) is 0.879. The van der Waals surface area contributed by atoms with Gasteiger partial charge >= 0.3 is 0 Å². The maximum absolute atomic E-state index is 13.5. The van der Waals surface area contributed by atoms with Crippen molar-refractivity contribution in [2.75, 3.05) is 11.1 Å². The number of nitrogens with two attached hydrogens (primary N) is 1. The van der Waals surface area contributed by atoms with Gasteiger partial charge in [-0.2, -0.15) is 0 Å². The second-order valence-electron chi connectivity index (χ2n) is 3.46. The highest BCUT2D eigenvalue weighted by atomic mass is 35.5. The molecule has 0 radical (unpaired) electrons. The fourth-order valence-corrected chi connectivity index (χ4v) is 1.75. The Bertz CT molecular complexity index is 582. The van der Waals surface area contributed by atoms with E-state index in [0.29, 0.717) is 11.1 Å². The zero-order chi connectivity index (χ0) is 13.3. The van der Waals surface area contributed by atoms with Crippen LogP contribution in [0, 0.1) is 11.6 Å². The molecule has 0 amide bonds. The van der Waals surface area contributed by atoms with Crippen LogP contribution in [-0.4, -0.2) is 4.98 Å². The number of nitrogens with zero attached hydrogens (tertiary/aromatic N) is 1. The molecule has 0 bridgehead atoms. The molecule has 0 fully saturated rings. The standard InChI is InChI=1S/C11H7Cl2F2N3/c12-5-1-9(16)11(17-4-5)18-10-7(13)2-6(14)3-8(10)15/h1-4H,16H2,(H,17,18). The van der Waals surface area contributed by atoms with E-state index in [4.69, 9.17) is 28.9 Å². The number of rotatable bonds is 2. The fraction of sp³-hybridized carbons (Fsp3) is 0. The average molecular weight is 290 g/mol. The first kappa shape index (κ1) is 12.9. The summed E-state index contributed by atoms with van der Waals surface area (Å²) in [6.45, 7) is 0. The summed E-state index contributed by atoms with van der Waals surface area (Å²) >= 11 is 11.4. The van der Waals surface area contributed by atoms with Gasteiger partial charge in [0.25, 0.3) is 0 Å². The highest BCUT2D eigenvalue weighted by Gasteiger charge is 2.12. The third-order valence-electron chi connectivity index (χ3n) is 2.13. The van der Waals surface area contributed by atoms with E-state index in [1.807, 2.05) is 0 Å².